The summed E-state index contributed by atoms with van der Waals surface area (Å²) in [4.78, 5) is 22.9. The summed E-state index contributed by atoms with van der Waals surface area (Å²) in [6.45, 7) is 9.72. The first-order valence-electron chi connectivity index (χ1n) is 6.12. The summed E-state index contributed by atoms with van der Waals surface area (Å²) in [6.07, 6.45) is 0.653. The summed E-state index contributed by atoms with van der Waals surface area (Å²) in [5, 5.41) is 2.87. The lowest BCUT2D eigenvalue weighted by Gasteiger charge is -2.21. The molecule has 5 heteroatoms. The van der Waals surface area contributed by atoms with Crippen molar-refractivity contribution >= 4 is 11.8 Å². The number of amides is 2. The molecule has 0 spiro atoms. The molecule has 1 aliphatic heterocycles. The predicted octanol–water partition coefficient (Wildman–Crippen LogP) is 0.738. The third kappa shape index (κ3) is 3.57. The number of carbonyl (C=O) groups is 2. The average Bonchev–Trinajstić information content (AvgIpc) is 2.58. The maximum atomic E-state index is 11.8. The third-order valence-electron chi connectivity index (χ3n) is 3.40. The van der Waals surface area contributed by atoms with Crippen molar-refractivity contribution < 1.29 is 14.3 Å². The van der Waals surface area contributed by atoms with Crippen LogP contribution in [0.5, 0.6) is 0 Å². The zero-order valence-corrected chi connectivity index (χ0v) is 11.3. The van der Waals surface area contributed by atoms with E-state index < -0.39 is 11.3 Å². The molecule has 5 nitrogen and oxygen atoms in total. The van der Waals surface area contributed by atoms with Gasteiger partial charge in [-0.15, -0.1) is 0 Å². The summed E-state index contributed by atoms with van der Waals surface area (Å²) in [5.41, 5.74) is 5.48. The fourth-order valence-corrected chi connectivity index (χ4v) is 1.77. The molecule has 0 unspecified atom stereocenters. The van der Waals surface area contributed by atoms with Gasteiger partial charge >= 0.3 is 0 Å². The molecule has 1 aliphatic rings. The van der Waals surface area contributed by atoms with Crippen molar-refractivity contribution in [2.24, 2.45) is 11.1 Å². The molecule has 2 atom stereocenters. The lowest BCUT2D eigenvalue weighted by molar-refractivity contribution is -0.127. The molecule has 0 saturated carbocycles. The second-order valence-corrected chi connectivity index (χ2v) is 5.47. The highest BCUT2D eigenvalue weighted by Gasteiger charge is 2.30. The minimum Gasteiger partial charge on any atom is -0.372 e. The molecule has 1 rings (SSSR count). The quantitative estimate of drug-likeness (QED) is 0.710. The second kappa shape index (κ2) is 5.52. The van der Waals surface area contributed by atoms with Crippen LogP contribution in [0.3, 0.4) is 0 Å². The molecule has 0 aromatic heterocycles. The number of primary amides is 1. The van der Waals surface area contributed by atoms with Crippen LogP contribution in [-0.4, -0.2) is 30.6 Å². The molecular weight excluding hydrogens is 232 g/mol. The Balaban J connectivity index is 2.43. The number of rotatable bonds is 5. The standard InChI is InChI=1S/C13H22N2O3/c1-8-7-18-9(2)11(8)15-10(16)5-6-13(3,4)12(14)17/h9,11H,1,5-7H2,2-4H3,(H2,14,17)(H,15,16)/t9-,11+/m0/s1. The molecule has 0 aromatic carbocycles. The molecule has 2 amide bonds. The van der Waals surface area contributed by atoms with Crippen molar-refractivity contribution in [3.63, 3.8) is 0 Å². The number of hydrogen-bond acceptors (Lipinski definition) is 3. The predicted molar refractivity (Wildman–Crippen MR) is 68.7 cm³/mol. The largest absolute Gasteiger partial charge is 0.372 e. The van der Waals surface area contributed by atoms with Crippen LogP contribution in [0.1, 0.15) is 33.6 Å². The Bertz CT molecular complexity index is 363. The highest BCUT2D eigenvalue weighted by Crippen LogP contribution is 2.22. The monoisotopic (exact) mass is 254 g/mol. The molecule has 3 N–H and O–H groups in total. The van der Waals surface area contributed by atoms with Gasteiger partial charge in [0.25, 0.3) is 0 Å². The van der Waals surface area contributed by atoms with Crippen LogP contribution in [0.25, 0.3) is 0 Å². The van der Waals surface area contributed by atoms with Crippen LogP contribution < -0.4 is 11.1 Å². The van der Waals surface area contributed by atoms with Crippen LogP contribution >= 0.6 is 0 Å². The first-order valence-corrected chi connectivity index (χ1v) is 6.12. The summed E-state index contributed by atoms with van der Waals surface area (Å²) >= 11 is 0. The molecule has 1 saturated heterocycles. The van der Waals surface area contributed by atoms with E-state index in [2.05, 4.69) is 11.9 Å². The van der Waals surface area contributed by atoms with Crippen LogP contribution in [-0.2, 0) is 14.3 Å². The van der Waals surface area contributed by atoms with Crippen LogP contribution in [0, 0.1) is 5.41 Å². The van der Waals surface area contributed by atoms with Gasteiger partial charge in [0.15, 0.2) is 0 Å². The summed E-state index contributed by atoms with van der Waals surface area (Å²) in [6, 6.07) is -0.130. The molecular formula is C13H22N2O3. The minimum atomic E-state index is -0.661. The van der Waals surface area contributed by atoms with E-state index in [1.54, 1.807) is 13.8 Å². The van der Waals surface area contributed by atoms with Gasteiger partial charge in [-0.25, -0.2) is 0 Å². The van der Waals surface area contributed by atoms with E-state index in [1.165, 1.54) is 0 Å². The number of nitrogens with one attached hydrogen (secondary N) is 1. The topological polar surface area (TPSA) is 81.4 Å². The van der Waals surface area contributed by atoms with Gasteiger partial charge in [0.2, 0.25) is 11.8 Å². The van der Waals surface area contributed by atoms with Gasteiger partial charge in [-0.05, 0) is 18.9 Å². The third-order valence-corrected chi connectivity index (χ3v) is 3.40. The van der Waals surface area contributed by atoms with Gasteiger partial charge in [0.05, 0.1) is 18.8 Å². The molecule has 18 heavy (non-hydrogen) atoms. The number of hydrogen-bond donors (Lipinski definition) is 2. The van der Waals surface area contributed by atoms with E-state index in [0.717, 1.165) is 5.57 Å². The Morgan fingerprint density at radius 1 is 1.56 bits per heavy atom. The van der Waals surface area contributed by atoms with Crippen molar-refractivity contribution in [3.8, 4) is 0 Å². The SMILES string of the molecule is C=C1CO[C@@H](C)[C@@H]1NC(=O)CCC(C)(C)C(N)=O. The van der Waals surface area contributed by atoms with E-state index in [9.17, 15) is 9.59 Å². The van der Waals surface area contributed by atoms with E-state index in [0.29, 0.717) is 13.0 Å². The Hall–Kier alpha value is -1.36. The maximum Gasteiger partial charge on any atom is 0.223 e. The van der Waals surface area contributed by atoms with Crippen molar-refractivity contribution in [3.05, 3.63) is 12.2 Å². The van der Waals surface area contributed by atoms with E-state index in [1.807, 2.05) is 6.92 Å². The van der Waals surface area contributed by atoms with Crippen molar-refractivity contribution in [1.29, 1.82) is 0 Å². The Morgan fingerprint density at radius 2 is 2.17 bits per heavy atom. The van der Waals surface area contributed by atoms with Gasteiger partial charge in [-0.2, -0.15) is 0 Å². The van der Waals surface area contributed by atoms with Gasteiger partial charge in [0.1, 0.15) is 0 Å². The lowest BCUT2D eigenvalue weighted by Crippen LogP contribution is -2.41. The Labute approximate surface area is 108 Å². The number of ether oxygens (including phenoxy) is 1. The van der Waals surface area contributed by atoms with Gasteiger partial charge in [-0.1, -0.05) is 20.4 Å². The highest BCUT2D eigenvalue weighted by molar-refractivity contribution is 5.82. The molecule has 0 radical (unpaired) electrons. The summed E-state index contributed by atoms with van der Waals surface area (Å²) < 4.78 is 5.37. The average molecular weight is 254 g/mol. The zero-order chi connectivity index (χ0) is 13.9. The molecule has 102 valence electrons. The highest BCUT2D eigenvalue weighted by atomic mass is 16.5. The first kappa shape index (κ1) is 14.7. The molecule has 1 fully saturated rings. The molecule has 0 aliphatic carbocycles. The van der Waals surface area contributed by atoms with E-state index >= 15 is 0 Å². The van der Waals surface area contributed by atoms with Gasteiger partial charge in [0, 0.05) is 11.8 Å². The summed E-state index contributed by atoms with van der Waals surface area (Å²) in [5.74, 6) is -0.495. The van der Waals surface area contributed by atoms with E-state index in [-0.39, 0.29) is 24.5 Å². The second-order valence-electron chi connectivity index (χ2n) is 5.47. The maximum absolute atomic E-state index is 11.8. The molecule has 1 heterocycles. The smallest absolute Gasteiger partial charge is 0.223 e. The van der Waals surface area contributed by atoms with Crippen LogP contribution in [0.4, 0.5) is 0 Å². The fourth-order valence-electron chi connectivity index (χ4n) is 1.77. The van der Waals surface area contributed by atoms with Crippen LogP contribution in [0.15, 0.2) is 12.2 Å². The molecule has 0 aromatic rings. The van der Waals surface area contributed by atoms with Crippen molar-refractivity contribution in [1.82, 2.24) is 5.32 Å². The molecule has 0 bridgehead atoms. The van der Waals surface area contributed by atoms with Crippen molar-refractivity contribution in [2.75, 3.05) is 6.61 Å². The Morgan fingerprint density at radius 3 is 2.61 bits per heavy atom. The lowest BCUT2D eigenvalue weighted by atomic mass is 9.87. The first-order chi connectivity index (χ1) is 8.24. The Kier molecular flexibility index (Phi) is 4.51. The van der Waals surface area contributed by atoms with Crippen LogP contribution in [0.2, 0.25) is 0 Å². The minimum absolute atomic E-state index is 0.0504. The van der Waals surface area contributed by atoms with E-state index in [4.69, 9.17) is 10.5 Å². The fraction of sp³-hybridized carbons (Fsp3) is 0.692. The number of nitrogens with two attached hydrogens (primary N) is 1. The normalized spacial score (nSPS) is 24.1. The van der Waals surface area contributed by atoms with Gasteiger partial charge in [-0.3, -0.25) is 9.59 Å². The van der Waals surface area contributed by atoms with Gasteiger partial charge < -0.3 is 15.8 Å². The summed E-state index contributed by atoms with van der Waals surface area (Å²) in [7, 11) is 0. The van der Waals surface area contributed by atoms with Crippen molar-refractivity contribution in [2.45, 2.75) is 45.8 Å². The zero-order valence-electron chi connectivity index (χ0n) is 11.3. The number of carbonyl (C=O) groups excluding carboxylic acids is 2.